The normalized spacial score (nSPS) is 30.6. The lowest BCUT2D eigenvalue weighted by Crippen LogP contribution is -2.37. The van der Waals surface area contributed by atoms with Gasteiger partial charge >= 0.3 is 6.09 Å². The van der Waals surface area contributed by atoms with E-state index >= 15 is 0 Å². The maximum atomic E-state index is 10.9. The monoisotopic (exact) mass is 271 g/mol. The van der Waals surface area contributed by atoms with Crippen LogP contribution in [0.4, 0.5) is 4.79 Å². The van der Waals surface area contributed by atoms with Crippen LogP contribution < -0.4 is 0 Å². The summed E-state index contributed by atoms with van der Waals surface area (Å²) in [5.74, 6) is 0. The van der Waals surface area contributed by atoms with Gasteiger partial charge in [-0.15, -0.1) is 0 Å². The van der Waals surface area contributed by atoms with E-state index in [9.17, 15) is 9.90 Å². The Balaban J connectivity index is 2.54. The molecule has 64 valence electrons. The van der Waals surface area contributed by atoms with Gasteiger partial charge in [0.15, 0.2) is 0 Å². The fraction of sp³-hybridized carbons (Fsp3) is 0.833. The van der Waals surface area contributed by atoms with E-state index in [1.165, 1.54) is 12.0 Å². The van der Waals surface area contributed by atoms with Crippen molar-refractivity contribution >= 4 is 28.7 Å². The molecule has 1 N–H and O–H groups in total. The van der Waals surface area contributed by atoms with Crippen molar-refractivity contribution in [2.75, 3.05) is 13.7 Å². The molecule has 1 amide bonds. The number of nitrogens with zero attached hydrogens (tertiary/aromatic N) is 1. The van der Waals surface area contributed by atoms with Crippen LogP contribution in [0, 0.1) is 0 Å². The van der Waals surface area contributed by atoms with Gasteiger partial charge in [-0.05, 0) is 6.42 Å². The summed E-state index contributed by atoms with van der Waals surface area (Å²) in [5.41, 5.74) is 0. The number of aliphatic hydroxyl groups is 1. The van der Waals surface area contributed by atoms with Crippen molar-refractivity contribution in [3.63, 3.8) is 0 Å². The Morgan fingerprint density at radius 1 is 1.82 bits per heavy atom. The highest BCUT2D eigenvalue weighted by Crippen LogP contribution is 2.23. The Kier molecular flexibility index (Phi) is 2.94. The second-order valence-electron chi connectivity index (χ2n) is 2.38. The largest absolute Gasteiger partial charge is 0.453 e. The van der Waals surface area contributed by atoms with Gasteiger partial charge in [0, 0.05) is 6.54 Å². The number of halogens is 1. The third-order valence-corrected chi connectivity index (χ3v) is 2.96. The molecular weight excluding hydrogens is 261 g/mol. The van der Waals surface area contributed by atoms with Crippen LogP contribution in [0.3, 0.4) is 0 Å². The molecule has 1 aliphatic rings. The van der Waals surface area contributed by atoms with E-state index in [1.54, 1.807) is 0 Å². The average Bonchev–Trinajstić information content (AvgIpc) is 2.32. The zero-order chi connectivity index (χ0) is 8.43. The Morgan fingerprint density at radius 2 is 2.45 bits per heavy atom. The third kappa shape index (κ3) is 1.76. The first kappa shape index (κ1) is 9.05. The lowest BCUT2D eigenvalue weighted by molar-refractivity contribution is 0.0371. The first-order chi connectivity index (χ1) is 5.16. The Hall–Kier alpha value is -0.0400. The molecule has 0 saturated carbocycles. The number of hydrogen-bond donors (Lipinski definition) is 1. The van der Waals surface area contributed by atoms with Gasteiger partial charge in [0.25, 0.3) is 0 Å². The van der Waals surface area contributed by atoms with Crippen molar-refractivity contribution in [1.29, 1.82) is 0 Å². The van der Waals surface area contributed by atoms with Crippen molar-refractivity contribution in [3.8, 4) is 0 Å². The minimum atomic E-state index is -0.678. The van der Waals surface area contributed by atoms with Gasteiger partial charge < -0.3 is 9.84 Å². The smallest absolute Gasteiger partial charge is 0.411 e. The Bertz CT molecular complexity index is 164. The van der Waals surface area contributed by atoms with E-state index in [4.69, 9.17) is 0 Å². The number of aliphatic hydroxyl groups excluding tert-OH is 1. The zero-order valence-electron chi connectivity index (χ0n) is 6.16. The molecule has 0 aliphatic carbocycles. The summed E-state index contributed by atoms with van der Waals surface area (Å²) in [7, 11) is 1.32. The molecule has 0 aromatic carbocycles. The fourth-order valence-corrected chi connectivity index (χ4v) is 1.72. The summed E-state index contributed by atoms with van der Waals surface area (Å²) in [5, 5.41) is 9.38. The van der Waals surface area contributed by atoms with Gasteiger partial charge in [0.05, 0.1) is 11.0 Å². The molecule has 11 heavy (non-hydrogen) atoms. The van der Waals surface area contributed by atoms with E-state index in [-0.39, 0.29) is 3.92 Å². The minimum Gasteiger partial charge on any atom is -0.453 e. The lowest BCUT2D eigenvalue weighted by atomic mass is 10.4. The van der Waals surface area contributed by atoms with Crippen LogP contribution >= 0.6 is 22.6 Å². The molecule has 5 heteroatoms. The number of rotatable bonds is 0. The maximum Gasteiger partial charge on any atom is 0.411 e. The summed E-state index contributed by atoms with van der Waals surface area (Å²) >= 11 is 2.12. The van der Waals surface area contributed by atoms with Gasteiger partial charge in [0.2, 0.25) is 0 Å². The second kappa shape index (κ2) is 3.57. The fourth-order valence-electron chi connectivity index (χ4n) is 1.06. The van der Waals surface area contributed by atoms with E-state index in [0.29, 0.717) is 6.54 Å². The molecule has 0 aromatic heterocycles. The molecule has 2 atom stereocenters. The number of carbonyl (C=O) groups excluding carboxylic acids is 1. The first-order valence-electron chi connectivity index (χ1n) is 3.33. The van der Waals surface area contributed by atoms with Crippen molar-refractivity contribution in [2.24, 2.45) is 0 Å². The molecule has 1 rings (SSSR count). The highest BCUT2D eigenvalue weighted by molar-refractivity contribution is 14.1. The average molecular weight is 271 g/mol. The standard InChI is InChI=1S/C6H10INO3/c1-11-6(10)8-3-2-4(7)5(8)9/h4-5,9H,2-3H2,1H3/t4-,5+/m0/s1. The quantitative estimate of drug-likeness (QED) is 0.518. The van der Waals surface area contributed by atoms with Crippen molar-refractivity contribution in [3.05, 3.63) is 0 Å². The van der Waals surface area contributed by atoms with E-state index in [1.807, 2.05) is 0 Å². The highest BCUT2D eigenvalue weighted by Gasteiger charge is 2.34. The highest BCUT2D eigenvalue weighted by atomic mass is 127. The molecule has 0 aromatic rings. The van der Waals surface area contributed by atoms with Crippen LogP contribution in [0.15, 0.2) is 0 Å². The summed E-state index contributed by atoms with van der Waals surface area (Å²) < 4.78 is 4.61. The summed E-state index contributed by atoms with van der Waals surface area (Å²) in [6.45, 7) is 0.585. The molecule has 0 bridgehead atoms. The summed E-state index contributed by atoms with van der Waals surface area (Å²) in [4.78, 5) is 12.2. The van der Waals surface area contributed by atoms with Gasteiger partial charge in [-0.1, -0.05) is 22.6 Å². The molecule has 1 aliphatic heterocycles. The van der Waals surface area contributed by atoms with E-state index in [0.717, 1.165) is 6.42 Å². The number of alkyl halides is 1. The van der Waals surface area contributed by atoms with Crippen LogP contribution in [-0.2, 0) is 4.74 Å². The molecule has 1 saturated heterocycles. The SMILES string of the molecule is COC(=O)N1CC[C@H](I)[C@H]1O. The topological polar surface area (TPSA) is 49.8 Å². The maximum absolute atomic E-state index is 10.9. The number of hydrogen-bond acceptors (Lipinski definition) is 3. The van der Waals surface area contributed by atoms with Gasteiger partial charge in [-0.3, -0.25) is 4.90 Å². The molecule has 4 nitrogen and oxygen atoms in total. The summed E-state index contributed by atoms with van der Waals surface area (Å²) in [6.07, 6.45) is -0.295. The zero-order valence-corrected chi connectivity index (χ0v) is 8.32. The number of likely N-dealkylation sites (tertiary alicyclic amines) is 1. The molecule has 1 heterocycles. The number of amides is 1. The van der Waals surface area contributed by atoms with Crippen molar-refractivity contribution in [1.82, 2.24) is 4.90 Å². The molecule has 0 spiro atoms. The molecule has 0 unspecified atom stereocenters. The number of ether oxygens (including phenoxy) is 1. The number of carbonyl (C=O) groups is 1. The Morgan fingerprint density at radius 3 is 2.82 bits per heavy atom. The van der Waals surface area contributed by atoms with Crippen LogP contribution in [0.1, 0.15) is 6.42 Å². The van der Waals surface area contributed by atoms with E-state index in [2.05, 4.69) is 27.3 Å². The lowest BCUT2D eigenvalue weighted by Gasteiger charge is -2.19. The number of methoxy groups -OCH3 is 1. The molecule has 1 fully saturated rings. The van der Waals surface area contributed by atoms with Crippen molar-refractivity contribution < 1.29 is 14.6 Å². The van der Waals surface area contributed by atoms with Crippen LogP contribution in [-0.4, -0.2) is 39.9 Å². The predicted molar refractivity (Wildman–Crippen MR) is 47.5 cm³/mol. The molecular formula is C6H10INO3. The van der Waals surface area contributed by atoms with E-state index < -0.39 is 12.3 Å². The first-order valence-corrected chi connectivity index (χ1v) is 4.58. The Labute approximate surface area is 78.6 Å². The van der Waals surface area contributed by atoms with Crippen LogP contribution in [0.5, 0.6) is 0 Å². The van der Waals surface area contributed by atoms with Gasteiger partial charge in [-0.25, -0.2) is 4.79 Å². The summed E-state index contributed by atoms with van der Waals surface area (Å²) in [6, 6.07) is 0. The van der Waals surface area contributed by atoms with Crippen LogP contribution in [0.25, 0.3) is 0 Å². The van der Waals surface area contributed by atoms with Gasteiger partial charge in [-0.2, -0.15) is 0 Å². The molecule has 0 radical (unpaired) electrons. The predicted octanol–water partition coefficient (Wildman–Crippen LogP) is 0.581. The second-order valence-corrected chi connectivity index (χ2v) is 3.98. The van der Waals surface area contributed by atoms with Crippen molar-refractivity contribution in [2.45, 2.75) is 16.6 Å². The third-order valence-electron chi connectivity index (χ3n) is 1.70. The van der Waals surface area contributed by atoms with Gasteiger partial charge in [0.1, 0.15) is 6.23 Å². The minimum absolute atomic E-state index is 0.131. The van der Waals surface area contributed by atoms with Crippen LogP contribution in [0.2, 0.25) is 0 Å².